The molecule has 198 valence electrons. The molecule has 1 fully saturated rings. The van der Waals surface area contributed by atoms with Gasteiger partial charge in [0, 0.05) is 49.9 Å². The molecule has 1 unspecified atom stereocenters. The van der Waals surface area contributed by atoms with Crippen molar-refractivity contribution < 1.29 is 27.2 Å². The molecule has 3 aromatic rings. The zero-order chi connectivity index (χ0) is 26.4. The first-order valence-corrected chi connectivity index (χ1v) is 13.8. The molecule has 1 saturated heterocycles. The molecule has 0 radical (unpaired) electrons. The van der Waals surface area contributed by atoms with Crippen LogP contribution in [0.2, 0.25) is 0 Å². The molecule has 1 aromatic carbocycles. The Hall–Kier alpha value is -3.67. The number of aryl methyl sites for hydroxylation is 1. The first-order valence-electron chi connectivity index (χ1n) is 12.1. The van der Waals surface area contributed by atoms with Crippen LogP contribution < -0.4 is 9.46 Å². The van der Waals surface area contributed by atoms with Gasteiger partial charge in [-0.1, -0.05) is 6.92 Å². The average Bonchev–Trinajstić information content (AvgIpc) is 3.65. The third-order valence-electron chi connectivity index (χ3n) is 6.34. The lowest BCUT2D eigenvalue weighted by Gasteiger charge is -2.25. The first-order chi connectivity index (χ1) is 17.7. The molecule has 2 atom stereocenters. The summed E-state index contributed by atoms with van der Waals surface area (Å²) < 4.78 is 40.2. The van der Waals surface area contributed by atoms with Crippen LogP contribution >= 0.6 is 0 Å². The summed E-state index contributed by atoms with van der Waals surface area (Å²) in [4.78, 5) is 35.1. The molecule has 11 nitrogen and oxygen atoms in total. The summed E-state index contributed by atoms with van der Waals surface area (Å²) in [6.45, 7) is 2.45. The molecule has 2 aromatic heterocycles. The second-order valence-corrected chi connectivity index (χ2v) is 10.9. The Morgan fingerprint density at radius 3 is 2.76 bits per heavy atom. The number of likely N-dealkylation sites (tertiary alicyclic amines) is 1. The summed E-state index contributed by atoms with van der Waals surface area (Å²) in [5, 5.41) is 0. The Bertz CT molecular complexity index is 1300. The Morgan fingerprint density at radius 2 is 2.05 bits per heavy atom. The van der Waals surface area contributed by atoms with Crippen molar-refractivity contribution in [3.05, 3.63) is 55.1 Å². The van der Waals surface area contributed by atoms with Crippen molar-refractivity contribution in [2.24, 2.45) is 5.92 Å². The number of hydrogen-bond acceptors (Lipinski definition) is 8. The Kier molecular flexibility index (Phi) is 8.27. The summed E-state index contributed by atoms with van der Waals surface area (Å²) in [7, 11) is -2.32. The number of amides is 2. The number of ether oxygens (including phenoxy) is 1. The Labute approximate surface area is 215 Å². The van der Waals surface area contributed by atoms with Gasteiger partial charge in [0.05, 0.1) is 31.3 Å². The Morgan fingerprint density at radius 1 is 1.27 bits per heavy atom. The average molecular weight is 530 g/mol. The molecule has 3 heterocycles. The maximum atomic E-state index is 12.9. The fraction of sp³-hybridized carbons (Fsp3) is 0.440. The molecule has 0 bridgehead atoms. The molecule has 0 aliphatic carbocycles. The molecular weight excluding hydrogens is 498 g/mol. The fourth-order valence-corrected chi connectivity index (χ4v) is 5.80. The standard InChI is InChI=1S/C25H31N5O6S/c1-18(15-29-13-11-26-17-29)25(32)28-37(33,34)16-20-4-3-12-30(20)24(31)10-9-23-27-14-22(36-23)19-5-7-21(35-2)8-6-19/h5-8,11,13-14,17-18,20H,3-4,9-10,12,15-16H2,1-2H3,(H,28,32)/t18?,20-/m1/s1. The van der Waals surface area contributed by atoms with E-state index in [1.165, 1.54) is 0 Å². The third-order valence-corrected chi connectivity index (χ3v) is 7.67. The number of carbonyl (C=O) groups is 2. The molecular formula is C25H31N5O6S. The minimum atomic E-state index is -3.91. The van der Waals surface area contributed by atoms with Gasteiger partial charge in [0.15, 0.2) is 11.7 Å². The van der Waals surface area contributed by atoms with Crippen molar-refractivity contribution in [3.8, 4) is 17.1 Å². The number of sulfonamides is 1. The summed E-state index contributed by atoms with van der Waals surface area (Å²) in [6.07, 6.45) is 8.19. The maximum Gasteiger partial charge on any atom is 0.238 e. The van der Waals surface area contributed by atoms with Crippen LogP contribution in [0, 0.1) is 5.92 Å². The van der Waals surface area contributed by atoms with Crippen molar-refractivity contribution in [1.82, 2.24) is 24.2 Å². The number of nitrogens with zero attached hydrogens (tertiary/aromatic N) is 4. The van der Waals surface area contributed by atoms with Gasteiger partial charge in [0.1, 0.15) is 5.75 Å². The van der Waals surface area contributed by atoms with Crippen molar-refractivity contribution in [1.29, 1.82) is 0 Å². The van der Waals surface area contributed by atoms with Crippen LogP contribution in [0.3, 0.4) is 0 Å². The topological polar surface area (TPSA) is 137 Å². The van der Waals surface area contributed by atoms with E-state index in [0.29, 0.717) is 44.0 Å². The van der Waals surface area contributed by atoms with Gasteiger partial charge in [0.2, 0.25) is 21.8 Å². The van der Waals surface area contributed by atoms with Crippen molar-refractivity contribution in [3.63, 3.8) is 0 Å². The number of hydrogen-bond donors (Lipinski definition) is 1. The van der Waals surface area contributed by atoms with Crippen LogP contribution in [0.4, 0.5) is 0 Å². The summed E-state index contributed by atoms with van der Waals surface area (Å²) in [5.41, 5.74) is 0.845. The number of rotatable bonds is 11. The molecule has 1 N–H and O–H groups in total. The predicted molar refractivity (Wildman–Crippen MR) is 135 cm³/mol. The molecule has 0 saturated carbocycles. The molecule has 12 heteroatoms. The van der Waals surface area contributed by atoms with Crippen LogP contribution in [0.1, 0.15) is 32.1 Å². The zero-order valence-corrected chi connectivity index (χ0v) is 21.7. The minimum Gasteiger partial charge on any atom is -0.497 e. The van der Waals surface area contributed by atoms with E-state index in [0.717, 1.165) is 11.3 Å². The van der Waals surface area contributed by atoms with E-state index in [1.807, 2.05) is 24.3 Å². The van der Waals surface area contributed by atoms with Crippen LogP contribution in [-0.2, 0) is 32.6 Å². The molecule has 1 aliphatic rings. The first kappa shape index (κ1) is 26.4. The van der Waals surface area contributed by atoms with Gasteiger partial charge in [-0.05, 0) is 37.1 Å². The van der Waals surface area contributed by atoms with E-state index in [4.69, 9.17) is 9.15 Å². The number of methoxy groups -OCH3 is 1. The van der Waals surface area contributed by atoms with E-state index in [9.17, 15) is 18.0 Å². The summed E-state index contributed by atoms with van der Waals surface area (Å²) in [5.74, 6) is 0.134. The lowest BCUT2D eigenvalue weighted by molar-refractivity contribution is -0.131. The van der Waals surface area contributed by atoms with Crippen molar-refractivity contribution in [2.75, 3.05) is 19.4 Å². The predicted octanol–water partition coefficient (Wildman–Crippen LogP) is 2.25. The van der Waals surface area contributed by atoms with Gasteiger partial charge in [-0.3, -0.25) is 14.3 Å². The van der Waals surface area contributed by atoms with Gasteiger partial charge < -0.3 is 18.6 Å². The smallest absolute Gasteiger partial charge is 0.238 e. The van der Waals surface area contributed by atoms with E-state index < -0.39 is 27.9 Å². The lowest BCUT2D eigenvalue weighted by atomic mass is 10.2. The molecule has 0 spiro atoms. The lowest BCUT2D eigenvalue weighted by Crippen LogP contribution is -2.45. The number of imidazole rings is 1. The van der Waals surface area contributed by atoms with Crippen LogP contribution in [0.25, 0.3) is 11.3 Å². The van der Waals surface area contributed by atoms with Crippen molar-refractivity contribution in [2.45, 2.75) is 45.2 Å². The molecule has 37 heavy (non-hydrogen) atoms. The summed E-state index contributed by atoms with van der Waals surface area (Å²) in [6, 6.07) is 6.89. The highest BCUT2D eigenvalue weighted by molar-refractivity contribution is 7.90. The van der Waals surface area contributed by atoms with Gasteiger partial charge >= 0.3 is 0 Å². The van der Waals surface area contributed by atoms with E-state index in [1.54, 1.807) is 48.4 Å². The van der Waals surface area contributed by atoms with E-state index >= 15 is 0 Å². The molecule has 1 aliphatic heterocycles. The van der Waals surface area contributed by atoms with Gasteiger partial charge in [0.25, 0.3) is 0 Å². The zero-order valence-electron chi connectivity index (χ0n) is 20.9. The summed E-state index contributed by atoms with van der Waals surface area (Å²) >= 11 is 0. The number of oxazole rings is 1. The second-order valence-electron chi connectivity index (χ2n) is 9.14. The number of benzene rings is 1. The highest BCUT2D eigenvalue weighted by atomic mass is 32.2. The monoisotopic (exact) mass is 529 g/mol. The highest BCUT2D eigenvalue weighted by Gasteiger charge is 2.33. The third kappa shape index (κ3) is 6.97. The quantitative estimate of drug-likeness (QED) is 0.399. The van der Waals surface area contributed by atoms with Crippen molar-refractivity contribution >= 4 is 21.8 Å². The maximum absolute atomic E-state index is 12.9. The van der Waals surface area contributed by atoms with Gasteiger partial charge in [-0.15, -0.1) is 0 Å². The molecule has 2 amide bonds. The SMILES string of the molecule is COc1ccc(-c2cnc(CCC(=O)N3CCC[C@@H]3CS(=O)(=O)NC(=O)C(C)Cn3ccnc3)o2)cc1. The highest BCUT2D eigenvalue weighted by Crippen LogP contribution is 2.24. The largest absolute Gasteiger partial charge is 0.497 e. The molecule has 4 rings (SSSR count). The Balaban J connectivity index is 1.29. The minimum absolute atomic E-state index is 0.146. The fourth-order valence-electron chi connectivity index (χ4n) is 4.35. The van der Waals surface area contributed by atoms with E-state index in [-0.39, 0.29) is 18.1 Å². The van der Waals surface area contributed by atoms with Crippen LogP contribution in [0.5, 0.6) is 5.75 Å². The number of carbonyl (C=O) groups excluding carboxylic acids is 2. The second kappa shape index (κ2) is 11.6. The number of aromatic nitrogens is 3. The van der Waals surface area contributed by atoms with Crippen LogP contribution in [0.15, 0.2) is 53.6 Å². The number of nitrogens with one attached hydrogen (secondary N) is 1. The van der Waals surface area contributed by atoms with Crippen LogP contribution in [-0.4, -0.2) is 65.1 Å². The van der Waals surface area contributed by atoms with Gasteiger partial charge in [-0.2, -0.15) is 0 Å². The van der Waals surface area contributed by atoms with E-state index in [2.05, 4.69) is 14.7 Å². The normalized spacial score (nSPS) is 16.5. The van der Waals surface area contributed by atoms with Gasteiger partial charge in [-0.25, -0.2) is 18.4 Å².